The average molecular weight is 379 g/mol. The van der Waals surface area contributed by atoms with Crippen molar-refractivity contribution >= 4 is 21.9 Å². The Balaban J connectivity index is 1.53. The number of nitrogens with zero attached hydrogens (tertiary/aromatic N) is 2. The lowest BCUT2D eigenvalue weighted by molar-refractivity contribution is 0.267. The zero-order valence-electron chi connectivity index (χ0n) is 13.9. The molecule has 2 fully saturated rings. The molecule has 0 bridgehead atoms. The fourth-order valence-corrected chi connectivity index (χ4v) is 3.96. The Bertz CT molecular complexity index is 568. The molecule has 126 valence electrons. The second-order valence-electron chi connectivity index (χ2n) is 6.80. The van der Waals surface area contributed by atoms with Gasteiger partial charge in [-0.25, -0.2) is 0 Å². The first-order valence-electron chi connectivity index (χ1n) is 8.67. The molecule has 1 aromatic carbocycles. The zero-order valence-corrected chi connectivity index (χ0v) is 15.5. The van der Waals surface area contributed by atoms with Crippen LogP contribution in [0.25, 0.3) is 0 Å². The summed E-state index contributed by atoms with van der Waals surface area (Å²) >= 11 is 3.56. The number of guanidine groups is 1. The van der Waals surface area contributed by atoms with Crippen LogP contribution in [0.1, 0.15) is 38.2 Å². The second-order valence-corrected chi connectivity index (χ2v) is 7.71. The van der Waals surface area contributed by atoms with Crippen LogP contribution in [0.4, 0.5) is 0 Å². The topological polar surface area (TPSA) is 53.6 Å². The SMILES string of the molecule is CCN1CCCC1CNC(N)=NCC1(c2cccc(Br)c2)CC1. The number of aliphatic imine (C=N–C) groups is 1. The van der Waals surface area contributed by atoms with Gasteiger partial charge >= 0.3 is 0 Å². The van der Waals surface area contributed by atoms with Crippen LogP contribution in [0.3, 0.4) is 0 Å². The van der Waals surface area contributed by atoms with Gasteiger partial charge in [-0.05, 0) is 56.5 Å². The maximum atomic E-state index is 6.09. The lowest BCUT2D eigenvalue weighted by atomic mass is 9.96. The molecule has 0 radical (unpaired) electrons. The summed E-state index contributed by atoms with van der Waals surface area (Å²) in [5.74, 6) is 0.592. The van der Waals surface area contributed by atoms with Crippen LogP contribution in [0.2, 0.25) is 0 Å². The molecule has 1 aromatic rings. The molecule has 1 unspecified atom stereocenters. The first-order valence-corrected chi connectivity index (χ1v) is 9.46. The van der Waals surface area contributed by atoms with Crippen molar-refractivity contribution in [3.05, 3.63) is 34.3 Å². The Morgan fingerprint density at radius 1 is 1.48 bits per heavy atom. The molecular weight excluding hydrogens is 352 g/mol. The van der Waals surface area contributed by atoms with Crippen LogP contribution in [0.15, 0.2) is 33.7 Å². The summed E-state index contributed by atoms with van der Waals surface area (Å²) in [6.07, 6.45) is 4.96. The number of rotatable bonds is 6. The average Bonchev–Trinajstić information content (AvgIpc) is 3.21. The molecule has 3 rings (SSSR count). The minimum Gasteiger partial charge on any atom is -0.370 e. The number of likely N-dealkylation sites (tertiary alicyclic amines) is 1. The van der Waals surface area contributed by atoms with Crippen molar-refractivity contribution in [2.75, 3.05) is 26.2 Å². The molecule has 5 heteroatoms. The Labute approximate surface area is 147 Å². The molecule has 1 aliphatic heterocycles. The predicted octanol–water partition coefficient (Wildman–Crippen LogP) is 2.87. The number of likely N-dealkylation sites (N-methyl/N-ethyl adjacent to an activating group) is 1. The first kappa shape index (κ1) is 16.8. The fraction of sp³-hybridized carbons (Fsp3) is 0.611. The van der Waals surface area contributed by atoms with E-state index in [1.807, 2.05) is 0 Å². The van der Waals surface area contributed by atoms with Crippen LogP contribution in [0.5, 0.6) is 0 Å². The highest BCUT2D eigenvalue weighted by molar-refractivity contribution is 9.10. The summed E-state index contributed by atoms with van der Waals surface area (Å²) in [4.78, 5) is 7.14. The Morgan fingerprint density at radius 3 is 3.00 bits per heavy atom. The number of nitrogens with one attached hydrogen (secondary N) is 1. The fourth-order valence-electron chi connectivity index (χ4n) is 3.56. The van der Waals surface area contributed by atoms with E-state index in [1.165, 1.54) is 37.8 Å². The van der Waals surface area contributed by atoms with Gasteiger partial charge in [0.25, 0.3) is 0 Å². The highest BCUT2D eigenvalue weighted by atomic mass is 79.9. The molecule has 23 heavy (non-hydrogen) atoms. The van der Waals surface area contributed by atoms with Gasteiger partial charge in [-0.3, -0.25) is 9.89 Å². The van der Waals surface area contributed by atoms with Gasteiger partial charge in [0.2, 0.25) is 0 Å². The van der Waals surface area contributed by atoms with E-state index < -0.39 is 0 Å². The van der Waals surface area contributed by atoms with Gasteiger partial charge in [0, 0.05) is 22.5 Å². The lowest BCUT2D eigenvalue weighted by Gasteiger charge is -2.23. The number of hydrogen-bond donors (Lipinski definition) is 2. The van der Waals surface area contributed by atoms with E-state index in [1.54, 1.807) is 0 Å². The highest BCUT2D eigenvalue weighted by Gasteiger charge is 2.44. The first-order chi connectivity index (χ1) is 11.1. The minimum absolute atomic E-state index is 0.207. The summed E-state index contributed by atoms with van der Waals surface area (Å²) < 4.78 is 1.14. The quantitative estimate of drug-likeness (QED) is 0.590. The Hall–Kier alpha value is -1.07. The molecular formula is C18H27BrN4. The van der Waals surface area contributed by atoms with Crippen molar-refractivity contribution in [3.8, 4) is 0 Å². The monoisotopic (exact) mass is 378 g/mol. The summed E-state index contributed by atoms with van der Waals surface area (Å²) in [5.41, 5.74) is 7.67. The van der Waals surface area contributed by atoms with Crippen LogP contribution < -0.4 is 11.1 Å². The molecule has 1 saturated heterocycles. The standard InChI is InChI=1S/C18H27BrN4/c1-2-23-10-4-7-16(23)12-21-17(20)22-13-18(8-9-18)14-5-3-6-15(19)11-14/h3,5-6,11,16H,2,4,7-10,12-13H2,1H3,(H3,20,21,22). The predicted molar refractivity (Wildman–Crippen MR) is 99.8 cm³/mol. The van der Waals surface area contributed by atoms with Gasteiger partial charge in [0.15, 0.2) is 5.96 Å². The number of hydrogen-bond acceptors (Lipinski definition) is 2. The van der Waals surface area contributed by atoms with Gasteiger partial charge in [-0.2, -0.15) is 0 Å². The zero-order chi connectivity index (χ0) is 16.3. The van der Waals surface area contributed by atoms with Crippen molar-refractivity contribution in [3.63, 3.8) is 0 Å². The molecule has 0 aromatic heterocycles. The van der Waals surface area contributed by atoms with Gasteiger partial charge in [-0.1, -0.05) is 35.0 Å². The maximum Gasteiger partial charge on any atom is 0.188 e. The third-order valence-electron chi connectivity index (χ3n) is 5.27. The van der Waals surface area contributed by atoms with Gasteiger partial charge in [0.05, 0.1) is 6.54 Å². The van der Waals surface area contributed by atoms with Crippen molar-refractivity contribution < 1.29 is 0 Å². The summed E-state index contributed by atoms with van der Waals surface area (Å²) in [7, 11) is 0. The van der Waals surface area contributed by atoms with Gasteiger partial charge in [0.1, 0.15) is 0 Å². The van der Waals surface area contributed by atoms with Crippen molar-refractivity contribution in [1.29, 1.82) is 0 Å². The van der Waals surface area contributed by atoms with E-state index in [4.69, 9.17) is 5.73 Å². The highest BCUT2D eigenvalue weighted by Crippen LogP contribution is 2.48. The molecule has 1 aliphatic carbocycles. The van der Waals surface area contributed by atoms with Crippen molar-refractivity contribution in [2.45, 2.75) is 44.1 Å². The van der Waals surface area contributed by atoms with E-state index in [0.29, 0.717) is 12.0 Å². The van der Waals surface area contributed by atoms with Crippen LogP contribution in [0, 0.1) is 0 Å². The molecule has 2 aliphatic rings. The van der Waals surface area contributed by atoms with E-state index in [-0.39, 0.29) is 5.41 Å². The van der Waals surface area contributed by atoms with E-state index in [0.717, 1.165) is 24.1 Å². The van der Waals surface area contributed by atoms with Gasteiger partial charge < -0.3 is 11.1 Å². The molecule has 0 spiro atoms. The summed E-state index contributed by atoms with van der Waals surface area (Å²) in [6.45, 7) is 6.25. The van der Waals surface area contributed by atoms with Gasteiger partial charge in [-0.15, -0.1) is 0 Å². The van der Waals surface area contributed by atoms with Crippen molar-refractivity contribution in [2.24, 2.45) is 10.7 Å². The molecule has 1 atom stereocenters. The lowest BCUT2D eigenvalue weighted by Crippen LogP contribution is -2.43. The van der Waals surface area contributed by atoms with E-state index in [2.05, 4.69) is 62.3 Å². The number of benzene rings is 1. The molecule has 3 N–H and O–H groups in total. The van der Waals surface area contributed by atoms with Crippen molar-refractivity contribution in [1.82, 2.24) is 10.2 Å². The Morgan fingerprint density at radius 2 is 2.30 bits per heavy atom. The minimum atomic E-state index is 0.207. The number of halogens is 1. The molecule has 4 nitrogen and oxygen atoms in total. The third kappa shape index (κ3) is 4.07. The maximum absolute atomic E-state index is 6.09. The second kappa shape index (κ2) is 7.22. The van der Waals surface area contributed by atoms with E-state index in [9.17, 15) is 0 Å². The largest absolute Gasteiger partial charge is 0.370 e. The smallest absolute Gasteiger partial charge is 0.188 e. The molecule has 0 amide bonds. The normalized spacial score (nSPS) is 23.9. The Kier molecular flexibility index (Phi) is 5.27. The summed E-state index contributed by atoms with van der Waals surface area (Å²) in [5, 5.41) is 3.33. The molecule has 1 saturated carbocycles. The van der Waals surface area contributed by atoms with Crippen LogP contribution in [-0.2, 0) is 5.41 Å². The summed E-state index contributed by atoms with van der Waals surface area (Å²) in [6, 6.07) is 9.19. The van der Waals surface area contributed by atoms with Crippen LogP contribution in [-0.4, -0.2) is 43.1 Å². The third-order valence-corrected chi connectivity index (χ3v) is 5.76. The molecule has 1 heterocycles. The van der Waals surface area contributed by atoms with E-state index >= 15 is 0 Å². The number of nitrogens with two attached hydrogens (primary N) is 1. The van der Waals surface area contributed by atoms with Crippen LogP contribution >= 0.6 is 15.9 Å².